The minimum Gasteiger partial charge on any atom is -0.372 e. The highest BCUT2D eigenvalue weighted by Gasteiger charge is 2.26. The molecule has 0 spiro atoms. The second-order valence-electron chi connectivity index (χ2n) is 9.45. The Labute approximate surface area is 202 Å². The molecular weight excluding hydrogens is 428 g/mol. The van der Waals surface area contributed by atoms with Crippen molar-refractivity contribution >= 4 is 11.9 Å². The van der Waals surface area contributed by atoms with E-state index in [0.29, 0.717) is 31.7 Å². The summed E-state index contributed by atoms with van der Waals surface area (Å²) in [5, 5.41) is 5.89. The highest BCUT2D eigenvalue weighted by atomic mass is 16.5. The van der Waals surface area contributed by atoms with Gasteiger partial charge < -0.3 is 20.3 Å². The summed E-state index contributed by atoms with van der Waals surface area (Å²) in [7, 11) is 0. The maximum atomic E-state index is 12.8. The van der Waals surface area contributed by atoms with Gasteiger partial charge in [-0.25, -0.2) is 4.79 Å². The van der Waals surface area contributed by atoms with Crippen LogP contribution in [0.5, 0.6) is 0 Å². The normalized spacial score (nSPS) is 20.8. The Balaban J connectivity index is 1.24. The van der Waals surface area contributed by atoms with E-state index in [1.54, 1.807) is 0 Å². The number of rotatable bonds is 7. The minimum atomic E-state index is -0.201. The Kier molecular flexibility index (Phi) is 8.19. The van der Waals surface area contributed by atoms with Crippen LogP contribution in [-0.4, -0.2) is 60.1 Å². The first-order valence-corrected chi connectivity index (χ1v) is 12.3. The van der Waals surface area contributed by atoms with Crippen LogP contribution >= 0.6 is 0 Å². The van der Waals surface area contributed by atoms with E-state index in [1.807, 2.05) is 49.1 Å². The molecule has 3 amide bonds. The van der Waals surface area contributed by atoms with Crippen molar-refractivity contribution in [3.8, 4) is 0 Å². The predicted molar refractivity (Wildman–Crippen MR) is 132 cm³/mol. The van der Waals surface area contributed by atoms with Crippen molar-refractivity contribution in [3.05, 3.63) is 70.8 Å². The first kappa shape index (κ1) is 24.2. The molecule has 0 radical (unpaired) electrons. The van der Waals surface area contributed by atoms with E-state index in [2.05, 4.69) is 33.7 Å². The number of benzene rings is 2. The second kappa shape index (κ2) is 11.5. The summed E-state index contributed by atoms with van der Waals surface area (Å²) >= 11 is 0. The number of carbonyl (C=O) groups excluding carboxylic acids is 2. The van der Waals surface area contributed by atoms with Crippen LogP contribution in [0.3, 0.4) is 0 Å². The standard InChI is InChI=1S/C27H36N4O3/c1-20-17-31(18-21(2)34-20)26(32)23-11-9-22(10-12-23)15-28-27(33)29-16-24-7-3-4-8-25(24)19-30-13-5-6-14-30/h3-4,7-12,20-21H,5-6,13-19H2,1-2H3,(H2,28,29,33). The summed E-state index contributed by atoms with van der Waals surface area (Å²) in [6.07, 6.45) is 2.62. The number of likely N-dealkylation sites (tertiary alicyclic amines) is 1. The van der Waals surface area contributed by atoms with Gasteiger partial charge in [-0.05, 0) is 68.6 Å². The van der Waals surface area contributed by atoms with E-state index in [0.717, 1.165) is 30.8 Å². The molecule has 7 heteroatoms. The van der Waals surface area contributed by atoms with E-state index >= 15 is 0 Å². The van der Waals surface area contributed by atoms with Crippen molar-refractivity contribution in [2.24, 2.45) is 0 Å². The lowest BCUT2D eigenvalue weighted by Crippen LogP contribution is -2.48. The summed E-state index contributed by atoms with van der Waals surface area (Å²) in [5.41, 5.74) is 4.03. The second-order valence-corrected chi connectivity index (χ2v) is 9.45. The van der Waals surface area contributed by atoms with Crippen LogP contribution in [0.25, 0.3) is 0 Å². The topological polar surface area (TPSA) is 73.9 Å². The number of hydrogen-bond acceptors (Lipinski definition) is 4. The van der Waals surface area contributed by atoms with Crippen LogP contribution in [0.1, 0.15) is 53.7 Å². The lowest BCUT2D eigenvalue weighted by molar-refractivity contribution is -0.0586. The lowest BCUT2D eigenvalue weighted by atomic mass is 10.1. The lowest BCUT2D eigenvalue weighted by Gasteiger charge is -2.35. The number of amides is 3. The van der Waals surface area contributed by atoms with Gasteiger partial charge in [0.2, 0.25) is 0 Å². The molecule has 2 heterocycles. The molecule has 7 nitrogen and oxygen atoms in total. The third kappa shape index (κ3) is 6.58. The van der Waals surface area contributed by atoms with Gasteiger partial charge in [0, 0.05) is 38.3 Å². The number of ether oxygens (including phenoxy) is 1. The molecule has 2 aliphatic rings. The molecule has 2 aromatic carbocycles. The molecular formula is C27H36N4O3. The summed E-state index contributed by atoms with van der Waals surface area (Å²) in [4.78, 5) is 29.5. The van der Waals surface area contributed by atoms with Gasteiger partial charge in [-0.1, -0.05) is 36.4 Å². The first-order valence-electron chi connectivity index (χ1n) is 12.3. The van der Waals surface area contributed by atoms with Crippen molar-refractivity contribution in [2.45, 2.75) is 58.5 Å². The van der Waals surface area contributed by atoms with Crippen molar-refractivity contribution in [1.29, 1.82) is 0 Å². The highest BCUT2D eigenvalue weighted by Crippen LogP contribution is 2.17. The zero-order valence-corrected chi connectivity index (χ0v) is 20.3. The number of hydrogen-bond donors (Lipinski definition) is 2. The number of carbonyl (C=O) groups is 2. The van der Waals surface area contributed by atoms with Gasteiger partial charge >= 0.3 is 6.03 Å². The number of urea groups is 1. The van der Waals surface area contributed by atoms with E-state index in [9.17, 15) is 9.59 Å². The summed E-state index contributed by atoms with van der Waals surface area (Å²) in [6, 6.07) is 15.6. The number of nitrogens with one attached hydrogen (secondary N) is 2. The summed E-state index contributed by atoms with van der Waals surface area (Å²) in [5.74, 6) is 0.0202. The molecule has 0 bridgehead atoms. The molecule has 182 valence electrons. The number of nitrogens with zero attached hydrogens (tertiary/aromatic N) is 2. The van der Waals surface area contributed by atoms with Crippen molar-refractivity contribution in [1.82, 2.24) is 20.4 Å². The maximum Gasteiger partial charge on any atom is 0.315 e. The molecule has 2 unspecified atom stereocenters. The van der Waals surface area contributed by atoms with Crippen LogP contribution in [0.2, 0.25) is 0 Å². The predicted octanol–water partition coefficient (Wildman–Crippen LogP) is 3.53. The quantitative estimate of drug-likeness (QED) is 0.658. The largest absolute Gasteiger partial charge is 0.372 e. The molecule has 0 saturated carbocycles. The van der Waals surface area contributed by atoms with E-state index in [4.69, 9.17) is 4.74 Å². The monoisotopic (exact) mass is 464 g/mol. The highest BCUT2D eigenvalue weighted by molar-refractivity contribution is 5.94. The van der Waals surface area contributed by atoms with Gasteiger partial charge in [0.05, 0.1) is 12.2 Å². The van der Waals surface area contributed by atoms with Crippen LogP contribution in [0, 0.1) is 0 Å². The van der Waals surface area contributed by atoms with E-state index in [1.165, 1.54) is 18.4 Å². The van der Waals surface area contributed by atoms with Crippen LogP contribution < -0.4 is 10.6 Å². The van der Waals surface area contributed by atoms with Gasteiger partial charge in [-0.15, -0.1) is 0 Å². The zero-order valence-electron chi connectivity index (χ0n) is 20.3. The molecule has 34 heavy (non-hydrogen) atoms. The van der Waals surface area contributed by atoms with Crippen LogP contribution in [-0.2, 0) is 24.4 Å². The molecule has 2 fully saturated rings. The summed E-state index contributed by atoms with van der Waals surface area (Å²) in [6.45, 7) is 9.33. The molecule has 2 aliphatic heterocycles. The SMILES string of the molecule is CC1CN(C(=O)c2ccc(CNC(=O)NCc3ccccc3CN3CCCC3)cc2)CC(C)O1. The Morgan fingerprint density at radius 3 is 2.18 bits per heavy atom. The maximum absolute atomic E-state index is 12.8. The Bertz CT molecular complexity index is 962. The molecule has 0 aromatic heterocycles. The number of morpholine rings is 1. The fraction of sp³-hybridized carbons (Fsp3) is 0.481. The van der Waals surface area contributed by atoms with E-state index in [-0.39, 0.29) is 24.1 Å². The van der Waals surface area contributed by atoms with Crippen molar-refractivity contribution < 1.29 is 14.3 Å². The van der Waals surface area contributed by atoms with Gasteiger partial charge in [0.1, 0.15) is 0 Å². The molecule has 2 saturated heterocycles. The van der Waals surface area contributed by atoms with Crippen molar-refractivity contribution in [2.75, 3.05) is 26.2 Å². The average molecular weight is 465 g/mol. The zero-order chi connectivity index (χ0) is 23.9. The third-order valence-corrected chi connectivity index (χ3v) is 6.51. The Morgan fingerprint density at radius 2 is 1.50 bits per heavy atom. The minimum absolute atomic E-state index is 0.0202. The first-order chi connectivity index (χ1) is 16.5. The van der Waals surface area contributed by atoms with Crippen LogP contribution in [0.4, 0.5) is 4.79 Å². The smallest absolute Gasteiger partial charge is 0.315 e. The third-order valence-electron chi connectivity index (χ3n) is 6.51. The van der Waals surface area contributed by atoms with Crippen LogP contribution in [0.15, 0.2) is 48.5 Å². The van der Waals surface area contributed by atoms with E-state index < -0.39 is 0 Å². The van der Waals surface area contributed by atoms with Crippen molar-refractivity contribution in [3.63, 3.8) is 0 Å². The van der Waals surface area contributed by atoms with Gasteiger partial charge in [-0.3, -0.25) is 9.69 Å². The molecule has 2 N–H and O–H groups in total. The van der Waals surface area contributed by atoms with Gasteiger partial charge in [0.25, 0.3) is 5.91 Å². The molecule has 4 rings (SSSR count). The fourth-order valence-corrected chi connectivity index (χ4v) is 4.78. The Morgan fingerprint density at radius 1 is 0.882 bits per heavy atom. The van der Waals surface area contributed by atoms with Gasteiger partial charge in [-0.2, -0.15) is 0 Å². The molecule has 2 aromatic rings. The molecule has 2 atom stereocenters. The summed E-state index contributed by atoms with van der Waals surface area (Å²) < 4.78 is 5.72. The average Bonchev–Trinajstić information content (AvgIpc) is 3.34. The Hall–Kier alpha value is -2.90. The van der Waals surface area contributed by atoms with Gasteiger partial charge in [0.15, 0.2) is 0 Å². The molecule has 0 aliphatic carbocycles. The fourth-order valence-electron chi connectivity index (χ4n) is 4.78.